The minimum absolute atomic E-state index is 0.238. The Labute approximate surface area is 109 Å². The van der Waals surface area contributed by atoms with Crippen molar-refractivity contribution in [3.63, 3.8) is 0 Å². The van der Waals surface area contributed by atoms with Gasteiger partial charge in [0.25, 0.3) is 0 Å². The van der Waals surface area contributed by atoms with Crippen LogP contribution in [0.5, 0.6) is 5.75 Å². The van der Waals surface area contributed by atoms with Gasteiger partial charge in [-0.2, -0.15) is 0 Å². The van der Waals surface area contributed by atoms with Crippen molar-refractivity contribution < 1.29 is 13.5 Å². The molecule has 0 aliphatic carbocycles. The van der Waals surface area contributed by atoms with Crippen LogP contribution in [0.4, 0.5) is 8.78 Å². The molecule has 2 aromatic carbocycles. The highest BCUT2D eigenvalue weighted by molar-refractivity contribution is 5.39. The van der Waals surface area contributed by atoms with E-state index >= 15 is 0 Å². The van der Waals surface area contributed by atoms with Crippen LogP contribution in [0, 0.1) is 11.6 Å². The summed E-state index contributed by atoms with van der Waals surface area (Å²) in [6.07, 6.45) is 0.197. The first-order valence-corrected chi connectivity index (χ1v) is 6.10. The molecule has 2 nitrogen and oxygen atoms in total. The molecule has 0 saturated heterocycles. The fourth-order valence-corrected chi connectivity index (χ4v) is 2.39. The van der Waals surface area contributed by atoms with Crippen LogP contribution < -0.4 is 10.5 Å². The molecule has 0 aromatic heterocycles. The topological polar surface area (TPSA) is 35.2 Å². The van der Waals surface area contributed by atoms with Gasteiger partial charge in [0.15, 0.2) is 0 Å². The number of hydrogen-bond donors (Lipinski definition) is 1. The number of benzene rings is 2. The molecule has 0 bridgehead atoms. The molecule has 0 fully saturated rings. The lowest BCUT2D eigenvalue weighted by molar-refractivity contribution is 0.160. The van der Waals surface area contributed by atoms with E-state index < -0.39 is 0 Å². The maximum Gasteiger partial charge on any atom is 0.127 e. The number of halogens is 2. The van der Waals surface area contributed by atoms with Crippen molar-refractivity contribution in [1.82, 2.24) is 0 Å². The standard InChI is InChI=1S/C15H13F2NO/c16-10-3-1-2-9(6-10)14-8-13(18)12-5-4-11(17)7-15(12)19-14/h1-7,13-14H,8,18H2. The van der Waals surface area contributed by atoms with Gasteiger partial charge < -0.3 is 10.5 Å². The molecule has 98 valence electrons. The van der Waals surface area contributed by atoms with E-state index in [-0.39, 0.29) is 23.8 Å². The molecule has 0 spiro atoms. The van der Waals surface area contributed by atoms with Crippen LogP contribution in [0.15, 0.2) is 42.5 Å². The van der Waals surface area contributed by atoms with Crippen molar-refractivity contribution in [1.29, 1.82) is 0 Å². The van der Waals surface area contributed by atoms with Gasteiger partial charge in [0.2, 0.25) is 0 Å². The van der Waals surface area contributed by atoms with E-state index in [9.17, 15) is 8.78 Å². The first-order valence-electron chi connectivity index (χ1n) is 6.10. The lowest BCUT2D eigenvalue weighted by Crippen LogP contribution is -2.24. The molecule has 2 unspecified atom stereocenters. The van der Waals surface area contributed by atoms with Gasteiger partial charge in [0.1, 0.15) is 23.5 Å². The summed E-state index contributed by atoms with van der Waals surface area (Å²) < 4.78 is 32.2. The number of hydrogen-bond acceptors (Lipinski definition) is 2. The Morgan fingerprint density at radius 1 is 1.05 bits per heavy atom. The summed E-state index contributed by atoms with van der Waals surface area (Å²) in [6.45, 7) is 0. The van der Waals surface area contributed by atoms with Gasteiger partial charge in [-0.25, -0.2) is 8.78 Å². The number of rotatable bonds is 1. The van der Waals surface area contributed by atoms with Crippen molar-refractivity contribution in [2.75, 3.05) is 0 Å². The summed E-state index contributed by atoms with van der Waals surface area (Å²) >= 11 is 0. The zero-order valence-electron chi connectivity index (χ0n) is 10.1. The van der Waals surface area contributed by atoms with Crippen LogP contribution in [0.3, 0.4) is 0 Å². The van der Waals surface area contributed by atoms with Gasteiger partial charge >= 0.3 is 0 Å². The summed E-state index contributed by atoms with van der Waals surface area (Å²) in [4.78, 5) is 0. The summed E-state index contributed by atoms with van der Waals surface area (Å²) in [5.74, 6) is -0.251. The van der Waals surface area contributed by atoms with E-state index in [0.717, 1.165) is 5.56 Å². The summed E-state index contributed by atoms with van der Waals surface area (Å²) in [7, 11) is 0. The zero-order valence-corrected chi connectivity index (χ0v) is 10.1. The lowest BCUT2D eigenvalue weighted by Gasteiger charge is -2.30. The molecule has 1 heterocycles. The van der Waals surface area contributed by atoms with Crippen LogP contribution in [0.25, 0.3) is 0 Å². The Bertz CT molecular complexity index is 615. The van der Waals surface area contributed by atoms with Gasteiger partial charge in [-0.3, -0.25) is 0 Å². The van der Waals surface area contributed by atoms with Crippen LogP contribution >= 0.6 is 0 Å². The lowest BCUT2D eigenvalue weighted by atomic mass is 9.93. The Kier molecular flexibility index (Phi) is 2.95. The Morgan fingerprint density at radius 3 is 2.63 bits per heavy atom. The Balaban J connectivity index is 1.96. The highest BCUT2D eigenvalue weighted by Crippen LogP contribution is 2.39. The molecule has 0 radical (unpaired) electrons. The monoisotopic (exact) mass is 261 g/mol. The first kappa shape index (κ1) is 12.1. The molecule has 1 aliphatic heterocycles. The van der Waals surface area contributed by atoms with E-state index in [2.05, 4.69) is 0 Å². The predicted octanol–water partition coefficient (Wildman–Crippen LogP) is 3.49. The normalized spacial score (nSPS) is 21.6. The van der Waals surface area contributed by atoms with Gasteiger partial charge in [0, 0.05) is 24.1 Å². The smallest absolute Gasteiger partial charge is 0.127 e. The first-order chi connectivity index (χ1) is 9.13. The van der Waals surface area contributed by atoms with E-state index in [0.29, 0.717) is 17.7 Å². The average Bonchev–Trinajstić information content (AvgIpc) is 2.38. The van der Waals surface area contributed by atoms with Crippen LogP contribution in [0.2, 0.25) is 0 Å². The third-order valence-corrected chi connectivity index (χ3v) is 3.33. The Hall–Kier alpha value is -1.94. The molecule has 0 saturated carbocycles. The van der Waals surface area contributed by atoms with E-state index in [1.807, 2.05) is 0 Å². The summed E-state index contributed by atoms with van der Waals surface area (Å²) in [5.41, 5.74) is 7.57. The molecule has 2 N–H and O–H groups in total. The van der Waals surface area contributed by atoms with Crippen molar-refractivity contribution in [3.8, 4) is 5.75 Å². The highest BCUT2D eigenvalue weighted by atomic mass is 19.1. The second kappa shape index (κ2) is 4.63. The quantitative estimate of drug-likeness (QED) is 0.852. The molecule has 2 atom stereocenters. The predicted molar refractivity (Wildman–Crippen MR) is 67.7 cm³/mol. The largest absolute Gasteiger partial charge is 0.485 e. The van der Waals surface area contributed by atoms with Crippen molar-refractivity contribution >= 4 is 0 Å². The summed E-state index contributed by atoms with van der Waals surface area (Å²) in [6, 6.07) is 10.3. The van der Waals surface area contributed by atoms with Crippen molar-refractivity contribution in [2.24, 2.45) is 5.73 Å². The molecule has 3 rings (SSSR count). The second-order valence-electron chi connectivity index (χ2n) is 4.69. The maximum atomic E-state index is 13.2. The van der Waals surface area contributed by atoms with Crippen molar-refractivity contribution in [2.45, 2.75) is 18.6 Å². The molecule has 0 amide bonds. The van der Waals surface area contributed by atoms with E-state index in [1.54, 1.807) is 18.2 Å². The fourth-order valence-electron chi connectivity index (χ4n) is 2.39. The molecule has 1 aliphatic rings. The van der Waals surface area contributed by atoms with Gasteiger partial charge in [-0.1, -0.05) is 18.2 Å². The fraction of sp³-hybridized carbons (Fsp3) is 0.200. The minimum atomic E-state index is -0.370. The number of nitrogens with two attached hydrogens (primary N) is 1. The maximum absolute atomic E-state index is 13.2. The number of ether oxygens (including phenoxy) is 1. The van der Waals surface area contributed by atoms with Gasteiger partial charge in [-0.05, 0) is 23.8 Å². The van der Waals surface area contributed by atoms with Crippen LogP contribution in [0.1, 0.15) is 29.7 Å². The van der Waals surface area contributed by atoms with Gasteiger partial charge in [-0.15, -0.1) is 0 Å². The molecular formula is C15H13F2NO. The van der Waals surface area contributed by atoms with Crippen molar-refractivity contribution in [3.05, 3.63) is 65.2 Å². The van der Waals surface area contributed by atoms with Crippen LogP contribution in [-0.2, 0) is 0 Å². The molecule has 19 heavy (non-hydrogen) atoms. The minimum Gasteiger partial charge on any atom is -0.485 e. The van der Waals surface area contributed by atoms with E-state index in [4.69, 9.17) is 10.5 Å². The molecule has 2 aromatic rings. The number of fused-ring (bicyclic) bond motifs is 1. The van der Waals surface area contributed by atoms with Crippen LogP contribution in [-0.4, -0.2) is 0 Å². The molecule has 4 heteroatoms. The third kappa shape index (κ3) is 2.31. The SMILES string of the molecule is NC1CC(c2cccc(F)c2)Oc2cc(F)ccc21. The highest BCUT2D eigenvalue weighted by Gasteiger charge is 2.27. The molecular weight excluding hydrogens is 248 g/mol. The average molecular weight is 261 g/mol. The zero-order chi connectivity index (χ0) is 13.4. The Morgan fingerprint density at radius 2 is 1.84 bits per heavy atom. The second-order valence-corrected chi connectivity index (χ2v) is 4.69. The third-order valence-electron chi connectivity index (χ3n) is 3.33. The van der Waals surface area contributed by atoms with E-state index in [1.165, 1.54) is 24.3 Å². The van der Waals surface area contributed by atoms with Gasteiger partial charge in [0.05, 0.1) is 0 Å². The summed E-state index contributed by atoms with van der Waals surface area (Å²) in [5, 5.41) is 0.